The molecule has 0 amide bonds. The molecule has 2 aromatic rings. The third-order valence-corrected chi connectivity index (χ3v) is 3.18. The number of rotatable bonds is 5. The van der Waals surface area contributed by atoms with Gasteiger partial charge < -0.3 is 4.74 Å². The molecule has 0 aliphatic carbocycles. The topological polar surface area (TPSA) is 60.2 Å². The summed E-state index contributed by atoms with van der Waals surface area (Å²) in [5, 5.41) is 0. The predicted octanol–water partition coefficient (Wildman–Crippen LogP) is 2.80. The summed E-state index contributed by atoms with van der Waals surface area (Å²) >= 11 is 3.41. The number of nitrogens with two attached hydrogens (primary N) is 1. The van der Waals surface area contributed by atoms with Gasteiger partial charge in [0, 0.05) is 16.9 Å². The van der Waals surface area contributed by atoms with Gasteiger partial charge >= 0.3 is 0 Å². The molecule has 0 aliphatic rings. The van der Waals surface area contributed by atoms with Crippen LogP contribution in [0.1, 0.15) is 24.1 Å². The van der Waals surface area contributed by atoms with Gasteiger partial charge in [0.1, 0.15) is 5.75 Å². The smallest absolute Gasteiger partial charge is 0.119 e. The van der Waals surface area contributed by atoms with Crippen molar-refractivity contribution in [2.24, 2.45) is 5.84 Å². The lowest BCUT2D eigenvalue weighted by Gasteiger charge is -2.17. The van der Waals surface area contributed by atoms with Crippen LogP contribution < -0.4 is 16.0 Å². The van der Waals surface area contributed by atoms with Crippen molar-refractivity contribution in [3.8, 4) is 5.75 Å². The van der Waals surface area contributed by atoms with Gasteiger partial charge in [-0.3, -0.25) is 10.8 Å². The molecule has 0 aliphatic heterocycles. The Morgan fingerprint density at radius 3 is 2.58 bits per heavy atom. The highest BCUT2D eigenvalue weighted by Crippen LogP contribution is 2.24. The summed E-state index contributed by atoms with van der Waals surface area (Å²) in [6.45, 7) is 2.62. The maximum absolute atomic E-state index is 5.66. The van der Waals surface area contributed by atoms with Crippen LogP contribution in [0, 0.1) is 0 Å². The molecule has 1 aromatic carbocycles. The zero-order chi connectivity index (χ0) is 13.7. The van der Waals surface area contributed by atoms with Crippen molar-refractivity contribution in [3.63, 3.8) is 0 Å². The van der Waals surface area contributed by atoms with Crippen LogP contribution in [0.25, 0.3) is 0 Å². The summed E-state index contributed by atoms with van der Waals surface area (Å²) in [6.07, 6.45) is 3.54. The Hall–Kier alpha value is -1.43. The van der Waals surface area contributed by atoms with Gasteiger partial charge in [0.05, 0.1) is 12.6 Å². The highest BCUT2D eigenvalue weighted by molar-refractivity contribution is 9.10. The third kappa shape index (κ3) is 3.53. The summed E-state index contributed by atoms with van der Waals surface area (Å²) in [5.74, 6) is 6.52. The molecule has 0 saturated heterocycles. The van der Waals surface area contributed by atoms with Crippen LogP contribution in [-0.4, -0.2) is 11.6 Å². The van der Waals surface area contributed by atoms with Gasteiger partial charge in [-0.15, -0.1) is 0 Å². The van der Waals surface area contributed by atoms with E-state index in [9.17, 15) is 0 Å². The summed E-state index contributed by atoms with van der Waals surface area (Å²) < 4.78 is 6.35. The molecule has 19 heavy (non-hydrogen) atoms. The Labute approximate surface area is 121 Å². The maximum Gasteiger partial charge on any atom is 0.119 e. The number of halogens is 1. The fourth-order valence-electron chi connectivity index (χ4n) is 1.89. The Bertz CT molecular complexity index is 530. The standard InChI is InChI=1S/C14H16BrN3O/c1-2-19-13-5-3-10(4-6-13)14(18-16)11-7-12(15)9-17-8-11/h3-9,14,18H,2,16H2,1H3. The molecule has 100 valence electrons. The molecular formula is C14H16BrN3O. The molecule has 1 unspecified atom stereocenters. The first kappa shape index (κ1) is 14.0. The first-order valence-corrected chi connectivity index (χ1v) is 6.83. The fraction of sp³-hybridized carbons (Fsp3) is 0.214. The quantitative estimate of drug-likeness (QED) is 0.656. The second kappa shape index (κ2) is 6.65. The van der Waals surface area contributed by atoms with E-state index < -0.39 is 0 Å². The van der Waals surface area contributed by atoms with Crippen LogP contribution in [0.3, 0.4) is 0 Å². The molecule has 4 nitrogen and oxygen atoms in total. The molecule has 1 heterocycles. The molecule has 2 rings (SSSR count). The number of pyridine rings is 1. The van der Waals surface area contributed by atoms with Crippen molar-refractivity contribution < 1.29 is 4.74 Å². The second-order valence-corrected chi connectivity index (χ2v) is 4.95. The lowest BCUT2D eigenvalue weighted by Crippen LogP contribution is -2.28. The number of hydrazine groups is 1. The fourth-order valence-corrected chi connectivity index (χ4v) is 2.28. The van der Waals surface area contributed by atoms with Crippen molar-refractivity contribution in [2.75, 3.05) is 6.61 Å². The highest BCUT2D eigenvalue weighted by atomic mass is 79.9. The van der Waals surface area contributed by atoms with Crippen molar-refractivity contribution in [3.05, 3.63) is 58.3 Å². The molecule has 1 aromatic heterocycles. The van der Waals surface area contributed by atoms with Gasteiger partial charge in [-0.1, -0.05) is 12.1 Å². The molecular weight excluding hydrogens is 306 g/mol. The molecule has 0 bridgehead atoms. The van der Waals surface area contributed by atoms with Crippen LogP contribution in [0.2, 0.25) is 0 Å². The van der Waals surface area contributed by atoms with E-state index in [0.717, 1.165) is 21.3 Å². The number of aromatic nitrogens is 1. The average molecular weight is 322 g/mol. The van der Waals surface area contributed by atoms with E-state index >= 15 is 0 Å². The maximum atomic E-state index is 5.66. The van der Waals surface area contributed by atoms with Crippen molar-refractivity contribution in [2.45, 2.75) is 13.0 Å². The Morgan fingerprint density at radius 2 is 2.00 bits per heavy atom. The van der Waals surface area contributed by atoms with Crippen LogP contribution in [0.15, 0.2) is 47.2 Å². The van der Waals surface area contributed by atoms with Crippen molar-refractivity contribution in [1.82, 2.24) is 10.4 Å². The number of hydrogen-bond acceptors (Lipinski definition) is 4. The Morgan fingerprint density at radius 1 is 1.26 bits per heavy atom. The van der Waals surface area contributed by atoms with E-state index in [4.69, 9.17) is 10.6 Å². The number of nitrogens with one attached hydrogen (secondary N) is 1. The minimum atomic E-state index is -0.0966. The van der Waals surface area contributed by atoms with Gasteiger partial charge in [-0.05, 0) is 52.2 Å². The molecule has 3 N–H and O–H groups in total. The number of ether oxygens (including phenoxy) is 1. The molecule has 1 atom stereocenters. The van der Waals surface area contributed by atoms with Gasteiger partial charge in [0.15, 0.2) is 0 Å². The SMILES string of the molecule is CCOc1ccc(C(NN)c2cncc(Br)c2)cc1. The van der Waals surface area contributed by atoms with Crippen LogP contribution in [-0.2, 0) is 0 Å². The molecule has 0 radical (unpaired) electrons. The molecule has 5 heteroatoms. The molecule has 0 spiro atoms. The monoisotopic (exact) mass is 321 g/mol. The molecule has 0 saturated carbocycles. The highest BCUT2D eigenvalue weighted by Gasteiger charge is 2.13. The van der Waals surface area contributed by atoms with Crippen molar-refractivity contribution in [1.29, 1.82) is 0 Å². The van der Waals surface area contributed by atoms with E-state index in [0.29, 0.717) is 6.61 Å². The van der Waals surface area contributed by atoms with Gasteiger partial charge in [-0.25, -0.2) is 5.43 Å². The summed E-state index contributed by atoms with van der Waals surface area (Å²) in [4.78, 5) is 4.16. The van der Waals surface area contributed by atoms with E-state index in [1.54, 1.807) is 12.4 Å². The average Bonchev–Trinajstić information content (AvgIpc) is 2.42. The zero-order valence-electron chi connectivity index (χ0n) is 10.6. The Balaban J connectivity index is 2.26. The van der Waals surface area contributed by atoms with Crippen molar-refractivity contribution >= 4 is 15.9 Å². The van der Waals surface area contributed by atoms with E-state index in [2.05, 4.69) is 26.3 Å². The zero-order valence-corrected chi connectivity index (χ0v) is 12.2. The number of hydrogen-bond donors (Lipinski definition) is 2. The van der Waals surface area contributed by atoms with E-state index in [-0.39, 0.29) is 6.04 Å². The summed E-state index contributed by atoms with van der Waals surface area (Å²) in [7, 11) is 0. The summed E-state index contributed by atoms with van der Waals surface area (Å²) in [5.41, 5.74) is 4.87. The lowest BCUT2D eigenvalue weighted by atomic mass is 10.0. The molecule has 0 fully saturated rings. The van der Waals surface area contributed by atoms with Gasteiger partial charge in [-0.2, -0.15) is 0 Å². The van der Waals surface area contributed by atoms with Crippen LogP contribution in [0.4, 0.5) is 0 Å². The Kier molecular flexibility index (Phi) is 4.90. The number of nitrogens with zero attached hydrogens (tertiary/aromatic N) is 1. The van der Waals surface area contributed by atoms with Gasteiger partial charge in [0.25, 0.3) is 0 Å². The van der Waals surface area contributed by atoms with Crippen LogP contribution in [0.5, 0.6) is 5.75 Å². The predicted molar refractivity (Wildman–Crippen MR) is 78.7 cm³/mol. The first-order chi connectivity index (χ1) is 9.24. The minimum Gasteiger partial charge on any atom is -0.494 e. The lowest BCUT2D eigenvalue weighted by molar-refractivity contribution is 0.340. The van der Waals surface area contributed by atoms with E-state index in [1.165, 1.54) is 0 Å². The minimum absolute atomic E-state index is 0.0966. The first-order valence-electron chi connectivity index (χ1n) is 6.04. The summed E-state index contributed by atoms with van der Waals surface area (Å²) in [6, 6.07) is 9.77. The van der Waals surface area contributed by atoms with Gasteiger partial charge in [0.2, 0.25) is 0 Å². The third-order valence-electron chi connectivity index (χ3n) is 2.75. The van der Waals surface area contributed by atoms with E-state index in [1.807, 2.05) is 37.3 Å². The van der Waals surface area contributed by atoms with Crippen LogP contribution >= 0.6 is 15.9 Å². The second-order valence-electron chi connectivity index (χ2n) is 4.04. The normalized spacial score (nSPS) is 12.2. The largest absolute Gasteiger partial charge is 0.494 e. The number of benzene rings is 1.